The molecule has 1 aliphatic rings. The van der Waals surface area contributed by atoms with Crippen LogP contribution < -0.4 is 0 Å². The van der Waals surface area contributed by atoms with Crippen molar-refractivity contribution in [1.82, 2.24) is 4.90 Å². The molecule has 0 saturated carbocycles. The molecule has 1 aliphatic heterocycles. The zero-order valence-corrected chi connectivity index (χ0v) is 10.1. The van der Waals surface area contributed by atoms with Gasteiger partial charge in [0.25, 0.3) is 0 Å². The van der Waals surface area contributed by atoms with Crippen LogP contribution in [0, 0.1) is 17.9 Å². The van der Waals surface area contributed by atoms with Gasteiger partial charge >= 0.3 is 6.17 Å². The first-order valence-electron chi connectivity index (χ1n) is 5.55. The molecule has 0 aliphatic carbocycles. The third-order valence-corrected chi connectivity index (χ3v) is 3.32. The van der Waals surface area contributed by atoms with Gasteiger partial charge in [-0.1, -0.05) is 27.7 Å². The van der Waals surface area contributed by atoms with Crippen LogP contribution in [-0.2, 0) is 4.79 Å². The molecule has 0 aromatic carbocycles. The van der Waals surface area contributed by atoms with E-state index in [0.717, 1.165) is 19.4 Å². The van der Waals surface area contributed by atoms with Gasteiger partial charge in [-0.25, -0.2) is 6.57 Å². The fourth-order valence-corrected chi connectivity index (χ4v) is 1.76. The molecule has 2 atom stereocenters. The average molecular weight is 208 g/mol. The Labute approximate surface area is 92.3 Å². The van der Waals surface area contributed by atoms with Crippen molar-refractivity contribution >= 4 is 5.91 Å². The summed E-state index contributed by atoms with van der Waals surface area (Å²) in [5, 5.41) is 0. The molecule has 0 N–H and O–H groups in total. The van der Waals surface area contributed by atoms with Crippen LogP contribution in [0.4, 0.5) is 0 Å². The maximum Gasteiger partial charge on any atom is 0.300 e. The minimum atomic E-state index is -0.206. The summed E-state index contributed by atoms with van der Waals surface area (Å²) in [6.45, 7) is 16.0. The molecule has 0 bridgehead atoms. The molecule has 3 heteroatoms. The molecule has 1 fully saturated rings. The minimum absolute atomic E-state index is 0.0140. The van der Waals surface area contributed by atoms with E-state index in [1.165, 1.54) is 0 Å². The van der Waals surface area contributed by atoms with E-state index in [0.29, 0.717) is 0 Å². The summed E-state index contributed by atoms with van der Waals surface area (Å²) in [4.78, 5) is 17.4. The van der Waals surface area contributed by atoms with Gasteiger partial charge in [-0.15, -0.1) is 0 Å². The Bertz CT molecular complexity index is 285. The molecule has 84 valence electrons. The Morgan fingerprint density at radius 1 is 1.53 bits per heavy atom. The number of nitrogens with zero attached hydrogens (tertiary/aromatic N) is 2. The molecule has 15 heavy (non-hydrogen) atoms. The van der Waals surface area contributed by atoms with E-state index in [2.05, 4.69) is 25.6 Å². The summed E-state index contributed by atoms with van der Waals surface area (Å²) in [6, 6.07) is 0. The first kappa shape index (κ1) is 12.0. The van der Waals surface area contributed by atoms with Crippen molar-refractivity contribution in [3.63, 3.8) is 0 Å². The van der Waals surface area contributed by atoms with Gasteiger partial charge in [-0.3, -0.25) is 14.5 Å². The lowest BCUT2D eigenvalue weighted by atomic mass is 9.81. The summed E-state index contributed by atoms with van der Waals surface area (Å²) in [7, 11) is 0. The van der Waals surface area contributed by atoms with Crippen LogP contribution in [0.3, 0.4) is 0 Å². The molecule has 1 heterocycles. The summed E-state index contributed by atoms with van der Waals surface area (Å²) in [6.07, 6.45) is 1.60. The van der Waals surface area contributed by atoms with Crippen LogP contribution in [-0.4, -0.2) is 23.5 Å². The van der Waals surface area contributed by atoms with Crippen molar-refractivity contribution in [2.24, 2.45) is 11.3 Å². The molecule has 1 saturated heterocycles. The highest BCUT2D eigenvalue weighted by Gasteiger charge is 2.38. The second kappa shape index (κ2) is 4.22. The van der Waals surface area contributed by atoms with Gasteiger partial charge in [-0.05, 0) is 11.8 Å². The second-order valence-electron chi connectivity index (χ2n) is 5.37. The second-order valence-corrected chi connectivity index (χ2v) is 5.37. The molecule has 1 amide bonds. The van der Waals surface area contributed by atoms with Crippen LogP contribution in [0.5, 0.6) is 0 Å². The van der Waals surface area contributed by atoms with Gasteiger partial charge in [0.2, 0.25) is 5.91 Å². The highest BCUT2D eigenvalue weighted by Crippen LogP contribution is 2.30. The molecule has 0 aromatic heterocycles. The Balaban J connectivity index is 2.73. The van der Waals surface area contributed by atoms with Crippen molar-refractivity contribution in [3.05, 3.63) is 11.4 Å². The lowest BCUT2D eigenvalue weighted by Crippen LogP contribution is -2.41. The number of carbonyl (C=O) groups excluding carboxylic acids is 1. The number of carbonyl (C=O) groups is 1. The van der Waals surface area contributed by atoms with Crippen LogP contribution in [0.1, 0.15) is 40.5 Å². The number of hydrogen-bond donors (Lipinski definition) is 0. The van der Waals surface area contributed by atoms with Gasteiger partial charge in [-0.2, -0.15) is 0 Å². The van der Waals surface area contributed by atoms with Crippen molar-refractivity contribution in [3.8, 4) is 0 Å². The predicted octanol–water partition coefficient (Wildman–Crippen LogP) is 2.54. The molecular weight excluding hydrogens is 188 g/mol. The summed E-state index contributed by atoms with van der Waals surface area (Å²) >= 11 is 0. The average Bonchev–Trinajstić information content (AvgIpc) is 2.61. The molecule has 0 unspecified atom stereocenters. The SMILES string of the molecule is [C-]#[N+][C@@H]1CCCN1C(=O)[C@@H](C)C(C)(C)C. The molecule has 0 radical (unpaired) electrons. The van der Waals surface area contributed by atoms with Gasteiger partial charge in [0.05, 0.1) is 0 Å². The summed E-state index contributed by atoms with van der Waals surface area (Å²) < 4.78 is 0. The van der Waals surface area contributed by atoms with Crippen molar-refractivity contribution in [2.45, 2.75) is 46.7 Å². The molecular formula is C12H20N2O. The predicted molar refractivity (Wildman–Crippen MR) is 60.0 cm³/mol. The van der Waals surface area contributed by atoms with Crippen molar-refractivity contribution in [2.75, 3.05) is 6.54 Å². The highest BCUT2D eigenvalue weighted by atomic mass is 16.2. The normalized spacial score (nSPS) is 23.7. The molecule has 1 rings (SSSR count). The maximum absolute atomic E-state index is 12.1. The van der Waals surface area contributed by atoms with Crippen LogP contribution >= 0.6 is 0 Å². The smallest absolute Gasteiger partial charge is 0.290 e. The van der Waals surface area contributed by atoms with Gasteiger partial charge in [0.15, 0.2) is 0 Å². The van der Waals surface area contributed by atoms with Crippen LogP contribution in [0.15, 0.2) is 0 Å². The van der Waals surface area contributed by atoms with Gasteiger partial charge in [0.1, 0.15) is 0 Å². The molecule has 0 spiro atoms. The summed E-state index contributed by atoms with van der Waals surface area (Å²) in [5.74, 6) is 0.126. The fraction of sp³-hybridized carbons (Fsp3) is 0.833. The largest absolute Gasteiger partial charge is 0.300 e. The van der Waals surface area contributed by atoms with Crippen LogP contribution in [0.25, 0.3) is 4.85 Å². The molecule has 3 nitrogen and oxygen atoms in total. The number of amides is 1. The number of likely N-dealkylation sites (tertiary alicyclic amines) is 1. The highest BCUT2D eigenvalue weighted by molar-refractivity contribution is 5.80. The Morgan fingerprint density at radius 2 is 2.13 bits per heavy atom. The maximum atomic E-state index is 12.1. The standard InChI is InChI=1S/C12H20N2O/c1-9(12(2,3)4)11(15)14-8-6-7-10(14)13-5/h9-10H,6-8H2,1-4H3/t9-,10+/m1/s1. The zero-order chi connectivity index (χ0) is 11.6. The third kappa shape index (κ3) is 2.50. The van der Waals surface area contributed by atoms with E-state index in [-0.39, 0.29) is 23.4 Å². The van der Waals surface area contributed by atoms with Crippen molar-refractivity contribution < 1.29 is 4.79 Å². The van der Waals surface area contributed by atoms with E-state index in [1.54, 1.807) is 4.90 Å². The molecule has 0 aromatic rings. The Morgan fingerprint density at radius 3 is 2.60 bits per heavy atom. The van der Waals surface area contributed by atoms with Gasteiger partial charge in [0, 0.05) is 18.9 Å². The Kier molecular flexibility index (Phi) is 3.38. The lowest BCUT2D eigenvalue weighted by Gasteiger charge is -2.29. The quantitative estimate of drug-likeness (QED) is 0.608. The van der Waals surface area contributed by atoms with E-state index in [1.807, 2.05) is 6.92 Å². The van der Waals surface area contributed by atoms with E-state index >= 15 is 0 Å². The lowest BCUT2D eigenvalue weighted by molar-refractivity contribution is -0.138. The van der Waals surface area contributed by atoms with E-state index in [4.69, 9.17) is 6.57 Å². The zero-order valence-electron chi connectivity index (χ0n) is 10.1. The monoisotopic (exact) mass is 208 g/mol. The third-order valence-electron chi connectivity index (χ3n) is 3.32. The van der Waals surface area contributed by atoms with Crippen molar-refractivity contribution in [1.29, 1.82) is 0 Å². The first-order valence-corrected chi connectivity index (χ1v) is 5.55. The summed E-state index contributed by atoms with van der Waals surface area (Å²) in [5.41, 5.74) is -0.0216. The number of rotatable bonds is 1. The van der Waals surface area contributed by atoms with E-state index in [9.17, 15) is 4.79 Å². The minimum Gasteiger partial charge on any atom is -0.290 e. The van der Waals surface area contributed by atoms with E-state index < -0.39 is 0 Å². The number of hydrogen-bond acceptors (Lipinski definition) is 1. The Hall–Kier alpha value is -1.04. The van der Waals surface area contributed by atoms with Gasteiger partial charge < -0.3 is 0 Å². The van der Waals surface area contributed by atoms with Crippen LogP contribution in [0.2, 0.25) is 0 Å². The first-order chi connectivity index (χ1) is 6.88. The fourth-order valence-electron chi connectivity index (χ4n) is 1.76. The topological polar surface area (TPSA) is 24.7 Å².